The molecule has 0 saturated heterocycles. The van der Waals surface area contributed by atoms with E-state index in [-0.39, 0.29) is 11.9 Å². The Labute approximate surface area is 158 Å². The predicted molar refractivity (Wildman–Crippen MR) is 105 cm³/mol. The molecule has 1 heterocycles. The van der Waals surface area contributed by atoms with Gasteiger partial charge < -0.3 is 19.5 Å². The summed E-state index contributed by atoms with van der Waals surface area (Å²) in [7, 11) is 0.860. The number of hydrogen-bond acceptors (Lipinski definition) is 4. The number of hydrogen-bond donors (Lipinski definition) is 2. The Bertz CT molecular complexity index is 684. The molecule has 0 aromatic heterocycles. The van der Waals surface area contributed by atoms with Crippen LogP contribution in [0.25, 0.3) is 6.08 Å². The number of methoxy groups -OCH3 is 1. The molecular formula is C19H24BBrO4. The third-order valence-electron chi connectivity index (χ3n) is 4.13. The zero-order valence-electron chi connectivity index (χ0n) is 14.7. The maximum atomic E-state index is 9.95. The third-order valence-corrected chi connectivity index (χ3v) is 4.62. The Morgan fingerprint density at radius 3 is 3.00 bits per heavy atom. The molecule has 25 heavy (non-hydrogen) atoms. The summed E-state index contributed by atoms with van der Waals surface area (Å²) in [6.45, 7) is 6.52. The number of ether oxygens (including phenoxy) is 1. The number of benzene rings is 1. The number of phenolic OH excluding ortho intramolecular Hbond substituents is 1. The maximum Gasteiger partial charge on any atom is 0.458 e. The van der Waals surface area contributed by atoms with E-state index < -0.39 is 7.12 Å². The number of phenols is 1. The molecule has 0 aliphatic carbocycles. The number of aromatic hydroxyl groups is 1. The Morgan fingerprint density at radius 1 is 1.52 bits per heavy atom. The summed E-state index contributed by atoms with van der Waals surface area (Å²) >= 11 is 3.42. The zero-order valence-corrected chi connectivity index (χ0v) is 16.3. The van der Waals surface area contributed by atoms with Crippen LogP contribution in [-0.4, -0.2) is 37.1 Å². The smallest absolute Gasteiger partial charge is 0.458 e. The van der Waals surface area contributed by atoms with Crippen LogP contribution in [0.3, 0.4) is 0 Å². The van der Waals surface area contributed by atoms with Crippen molar-refractivity contribution in [2.24, 2.45) is 0 Å². The highest BCUT2D eigenvalue weighted by Crippen LogP contribution is 2.29. The molecule has 1 aliphatic heterocycles. The molecule has 2 N–H and O–H groups in total. The van der Waals surface area contributed by atoms with Gasteiger partial charge in [0.05, 0.1) is 12.7 Å². The van der Waals surface area contributed by atoms with Gasteiger partial charge >= 0.3 is 7.12 Å². The van der Waals surface area contributed by atoms with Crippen LogP contribution in [0.5, 0.6) is 5.75 Å². The lowest BCUT2D eigenvalue weighted by molar-refractivity contribution is 0.176. The van der Waals surface area contributed by atoms with Crippen LogP contribution in [0.2, 0.25) is 6.32 Å². The second kappa shape index (κ2) is 9.39. The van der Waals surface area contributed by atoms with Crippen molar-refractivity contribution in [3.63, 3.8) is 0 Å². The van der Waals surface area contributed by atoms with Crippen LogP contribution in [0.15, 0.2) is 52.0 Å². The molecular weight excluding hydrogens is 383 g/mol. The summed E-state index contributed by atoms with van der Waals surface area (Å²) in [5.41, 5.74) is 3.78. The van der Waals surface area contributed by atoms with Crippen molar-refractivity contribution in [3.05, 3.63) is 57.6 Å². The van der Waals surface area contributed by atoms with E-state index in [4.69, 9.17) is 9.39 Å². The van der Waals surface area contributed by atoms with E-state index in [0.29, 0.717) is 12.9 Å². The molecule has 1 unspecified atom stereocenters. The fourth-order valence-electron chi connectivity index (χ4n) is 2.87. The van der Waals surface area contributed by atoms with E-state index in [1.807, 2.05) is 25.1 Å². The number of allylic oxidation sites excluding steroid dienone is 2. The van der Waals surface area contributed by atoms with E-state index in [1.165, 1.54) is 0 Å². The third kappa shape index (κ3) is 5.85. The van der Waals surface area contributed by atoms with Gasteiger partial charge in [-0.25, -0.2) is 0 Å². The molecule has 1 atom stereocenters. The van der Waals surface area contributed by atoms with Crippen molar-refractivity contribution in [1.82, 2.24) is 0 Å². The minimum absolute atomic E-state index is 0.203. The molecule has 134 valence electrons. The van der Waals surface area contributed by atoms with E-state index >= 15 is 0 Å². The standard InChI is InChI=1S/C19H24BBrO4/c1-13(10-15-11-16(21)5-6-18(15)22)4-7-19-17(14(2)12-24-3)8-9-20(23)25-19/h5-6,8,10-11,19,22-23H,2,4,7,9,12H2,1,3H3/b13-10+. The van der Waals surface area contributed by atoms with Crippen LogP contribution < -0.4 is 0 Å². The Hall–Kier alpha value is -1.34. The van der Waals surface area contributed by atoms with E-state index in [1.54, 1.807) is 19.2 Å². The van der Waals surface area contributed by atoms with Gasteiger partial charge in [0.1, 0.15) is 5.75 Å². The van der Waals surface area contributed by atoms with Crippen molar-refractivity contribution in [2.75, 3.05) is 13.7 Å². The molecule has 6 heteroatoms. The Balaban J connectivity index is 2.05. The summed E-state index contributed by atoms with van der Waals surface area (Å²) < 4.78 is 11.8. The van der Waals surface area contributed by atoms with E-state index in [9.17, 15) is 10.1 Å². The normalized spacial score (nSPS) is 18.2. The molecule has 0 fully saturated rings. The molecule has 1 aromatic carbocycles. The van der Waals surface area contributed by atoms with Crippen molar-refractivity contribution in [3.8, 4) is 5.75 Å². The highest BCUT2D eigenvalue weighted by molar-refractivity contribution is 9.10. The molecule has 0 radical (unpaired) electrons. The van der Waals surface area contributed by atoms with Gasteiger partial charge in [-0.1, -0.05) is 40.2 Å². The second-order valence-corrected chi connectivity index (χ2v) is 7.16. The van der Waals surface area contributed by atoms with Gasteiger partial charge in [-0.05, 0) is 49.1 Å². The summed E-state index contributed by atoms with van der Waals surface area (Å²) in [5, 5.41) is 19.7. The Kier molecular flexibility index (Phi) is 7.50. The molecule has 0 saturated carbocycles. The molecule has 1 aliphatic rings. The summed E-state index contributed by atoms with van der Waals surface area (Å²) in [4.78, 5) is 0. The van der Waals surface area contributed by atoms with Crippen LogP contribution in [0.1, 0.15) is 25.3 Å². The van der Waals surface area contributed by atoms with Gasteiger partial charge in [-0.2, -0.15) is 0 Å². The van der Waals surface area contributed by atoms with Gasteiger partial charge in [0.2, 0.25) is 0 Å². The predicted octanol–water partition coefficient (Wildman–Crippen LogP) is 4.35. The molecule has 1 aromatic rings. The Morgan fingerprint density at radius 2 is 2.28 bits per heavy atom. The lowest BCUT2D eigenvalue weighted by Crippen LogP contribution is -2.32. The fraction of sp³-hybridized carbons (Fsp3) is 0.368. The van der Waals surface area contributed by atoms with Crippen LogP contribution in [-0.2, 0) is 9.39 Å². The monoisotopic (exact) mass is 406 g/mol. The van der Waals surface area contributed by atoms with E-state index in [0.717, 1.165) is 39.6 Å². The van der Waals surface area contributed by atoms with Gasteiger partial charge in [-0.15, -0.1) is 0 Å². The lowest BCUT2D eigenvalue weighted by atomic mass is 9.78. The van der Waals surface area contributed by atoms with Crippen LogP contribution in [0, 0.1) is 0 Å². The van der Waals surface area contributed by atoms with Gasteiger partial charge in [-0.3, -0.25) is 0 Å². The first-order valence-corrected chi connectivity index (χ1v) is 9.06. The van der Waals surface area contributed by atoms with Crippen molar-refractivity contribution < 1.29 is 19.5 Å². The molecule has 4 nitrogen and oxygen atoms in total. The summed E-state index contributed by atoms with van der Waals surface area (Å²) in [6, 6.07) is 5.35. The van der Waals surface area contributed by atoms with Crippen LogP contribution >= 0.6 is 15.9 Å². The average molecular weight is 407 g/mol. The quantitative estimate of drug-likeness (QED) is 0.661. The van der Waals surface area contributed by atoms with Gasteiger partial charge in [0.15, 0.2) is 0 Å². The maximum absolute atomic E-state index is 9.95. The molecule has 2 rings (SSSR count). The van der Waals surface area contributed by atoms with Gasteiger partial charge in [0, 0.05) is 23.5 Å². The van der Waals surface area contributed by atoms with E-state index in [2.05, 4.69) is 22.5 Å². The topological polar surface area (TPSA) is 58.9 Å². The van der Waals surface area contributed by atoms with Crippen molar-refractivity contribution >= 4 is 29.1 Å². The largest absolute Gasteiger partial charge is 0.507 e. The second-order valence-electron chi connectivity index (χ2n) is 6.24. The number of halogens is 1. The SMILES string of the molecule is C=C(COC)C1=CCB(O)OC1CC/C(C)=C/c1cc(Br)ccc1O. The molecule has 0 spiro atoms. The fourth-order valence-corrected chi connectivity index (χ4v) is 3.25. The minimum Gasteiger partial charge on any atom is -0.507 e. The zero-order chi connectivity index (χ0) is 18.4. The van der Waals surface area contributed by atoms with Crippen molar-refractivity contribution in [1.29, 1.82) is 0 Å². The first-order chi connectivity index (χ1) is 11.9. The highest BCUT2D eigenvalue weighted by Gasteiger charge is 2.28. The molecule has 0 amide bonds. The first kappa shape index (κ1) is 20.0. The highest BCUT2D eigenvalue weighted by atomic mass is 79.9. The van der Waals surface area contributed by atoms with Crippen LogP contribution in [0.4, 0.5) is 0 Å². The lowest BCUT2D eigenvalue weighted by Gasteiger charge is -2.28. The summed E-state index contributed by atoms with van der Waals surface area (Å²) in [5.74, 6) is 0.251. The summed E-state index contributed by atoms with van der Waals surface area (Å²) in [6.07, 6.45) is 5.72. The number of rotatable bonds is 7. The molecule has 0 bridgehead atoms. The average Bonchev–Trinajstić information content (AvgIpc) is 2.56. The minimum atomic E-state index is -0.775. The first-order valence-electron chi connectivity index (χ1n) is 8.27. The van der Waals surface area contributed by atoms with Gasteiger partial charge in [0.25, 0.3) is 0 Å². The van der Waals surface area contributed by atoms with Crippen molar-refractivity contribution in [2.45, 2.75) is 32.2 Å².